The quantitative estimate of drug-likeness (QED) is 0.472. The second-order valence-electron chi connectivity index (χ2n) is 6.93. The Morgan fingerprint density at radius 2 is 1.81 bits per heavy atom. The number of aryl methyl sites for hydroxylation is 2. The Bertz CT molecular complexity index is 1410. The number of fused-ring (bicyclic) bond motifs is 1. The van der Waals surface area contributed by atoms with E-state index in [4.69, 9.17) is 4.42 Å². The van der Waals surface area contributed by atoms with Crippen molar-refractivity contribution in [1.82, 2.24) is 4.98 Å². The minimum absolute atomic E-state index is 0.158. The molecule has 0 saturated heterocycles. The normalized spacial score (nSPS) is 11.5. The van der Waals surface area contributed by atoms with Gasteiger partial charge in [0.2, 0.25) is 0 Å². The van der Waals surface area contributed by atoms with Crippen LogP contribution in [0.2, 0.25) is 0 Å². The zero-order valence-electron chi connectivity index (χ0n) is 16.6. The van der Waals surface area contributed by atoms with Crippen LogP contribution in [0.25, 0.3) is 11.1 Å². The molecular weight excluding hydrogens is 421 g/mol. The smallest absolute Gasteiger partial charge is 0.262 e. The summed E-state index contributed by atoms with van der Waals surface area (Å²) in [6, 6.07) is 14.6. The van der Waals surface area contributed by atoms with E-state index in [1.165, 1.54) is 36.4 Å². The average Bonchev–Trinajstić information content (AvgIpc) is 3.09. The zero-order valence-corrected chi connectivity index (χ0v) is 17.5. The Hall–Kier alpha value is -3.72. The average molecular weight is 439 g/mol. The molecular formula is C22H18FN3O4S. The van der Waals surface area contributed by atoms with Crippen molar-refractivity contribution < 1.29 is 22.0 Å². The predicted molar refractivity (Wildman–Crippen MR) is 115 cm³/mol. The van der Waals surface area contributed by atoms with Crippen molar-refractivity contribution in [3.8, 4) is 0 Å². The lowest BCUT2D eigenvalue weighted by Gasteiger charge is -2.12. The summed E-state index contributed by atoms with van der Waals surface area (Å²) in [6.07, 6.45) is 0. The van der Waals surface area contributed by atoms with Gasteiger partial charge in [0, 0.05) is 18.2 Å². The van der Waals surface area contributed by atoms with Crippen LogP contribution < -0.4 is 10.0 Å². The topological polar surface area (TPSA) is 101 Å². The summed E-state index contributed by atoms with van der Waals surface area (Å²) >= 11 is 0. The van der Waals surface area contributed by atoms with Gasteiger partial charge in [0.05, 0.1) is 10.6 Å². The van der Waals surface area contributed by atoms with Crippen LogP contribution in [0.15, 0.2) is 70.0 Å². The van der Waals surface area contributed by atoms with Gasteiger partial charge in [-0.05, 0) is 55.0 Å². The van der Waals surface area contributed by atoms with Crippen LogP contribution in [0.5, 0.6) is 0 Å². The van der Waals surface area contributed by atoms with Crippen molar-refractivity contribution in [2.24, 2.45) is 0 Å². The summed E-state index contributed by atoms with van der Waals surface area (Å²) in [7, 11) is -4.10. The highest BCUT2D eigenvalue weighted by Gasteiger charge is 2.20. The molecule has 4 aromatic rings. The largest absolute Gasteiger partial charge is 0.441 e. The fourth-order valence-electron chi connectivity index (χ4n) is 3.08. The summed E-state index contributed by atoms with van der Waals surface area (Å²) in [6.45, 7) is 3.42. The van der Waals surface area contributed by atoms with Crippen LogP contribution in [-0.4, -0.2) is 19.3 Å². The summed E-state index contributed by atoms with van der Waals surface area (Å²) in [5.74, 6) is -0.677. The summed E-state index contributed by atoms with van der Waals surface area (Å²) < 4.78 is 46.9. The number of halogens is 1. The maximum absolute atomic E-state index is 13.9. The van der Waals surface area contributed by atoms with Gasteiger partial charge in [0.25, 0.3) is 15.9 Å². The number of carbonyl (C=O) groups is 1. The van der Waals surface area contributed by atoms with E-state index in [0.717, 1.165) is 6.07 Å². The van der Waals surface area contributed by atoms with Gasteiger partial charge in [0.15, 0.2) is 11.5 Å². The third kappa shape index (κ3) is 4.26. The molecule has 1 aromatic heterocycles. The summed E-state index contributed by atoms with van der Waals surface area (Å²) in [4.78, 5) is 16.9. The van der Waals surface area contributed by atoms with Gasteiger partial charge in [-0.25, -0.2) is 17.8 Å². The first-order valence-electron chi connectivity index (χ1n) is 9.29. The van der Waals surface area contributed by atoms with E-state index in [-0.39, 0.29) is 16.1 Å². The number of nitrogens with zero attached hydrogens (tertiary/aromatic N) is 1. The predicted octanol–water partition coefficient (Wildman–Crippen LogP) is 4.64. The number of aromatic nitrogens is 1. The van der Waals surface area contributed by atoms with Crippen molar-refractivity contribution in [1.29, 1.82) is 0 Å². The van der Waals surface area contributed by atoms with E-state index in [1.807, 2.05) is 0 Å². The van der Waals surface area contributed by atoms with Crippen LogP contribution in [0.3, 0.4) is 0 Å². The molecule has 0 spiro atoms. The van der Waals surface area contributed by atoms with Crippen molar-refractivity contribution in [3.05, 3.63) is 83.5 Å². The van der Waals surface area contributed by atoms with Crippen LogP contribution in [0, 0.1) is 19.7 Å². The minimum Gasteiger partial charge on any atom is -0.441 e. The molecule has 0 fully saturated rings. The number of para-hydroxylation sites is 1. The minimum atomic E-state index is -4.10. The van der Waals surface area contributed by atoms with E-state index in [0.29, 0.717) is 28.2 Å². The van der Waals surface area contributed by atoms with Gasteiger partial charge in [-0.1, -0.05) is 18.2 Å². The molecule has 0 atom stereocenters. The molecule has 31 heavy (non-hydrogen) atoms. The van der Waals surface area contributed by atoms with Crippen LogP contribution >= 0.6 is 0 Å². The molecule has 0 aliphatic carbocycles. The fourth-order valence-corrected chi connectivity index (χ4v) is 4.17. The molecule has 158 valence electrons. The standard InChI is InChI=1S/C22H18FN3O4S/c1-13-7-9-16(31(28,29)26-19-6-4-3-5-18(19)23)12-17(13)22(27)25-15-8-10-21-20(11-15)24-14(2)30-21/h3-12,26H,1-2H3,(H,25,27). The monoisotopic (exact) mass is 439 g/mol. The number of hydrogen-bond donors (Lipinski definition) is 2. The molecule has 0 aliphatic rings. The molecule has 2 N–H and O–H groups in total. The van der Waals surface area contributed by atoms with E-state index in [1.54, 1.807) is 32.0 Å². The number of amides is 1. The van der Waals surface area contributed by atoms with Gasteiger partial charge in [0.1, 0.15) is 11.3 Å². The van der Waals surface area contributed by atoms with E-state index in [2.05, 4.69) is 15.0 Å². The van der Waals surface area contributed by atoms with Gasteiger partial charge >= 0.3 is 0 Å². The van der Waals surface area contributed by atoms with E-state index < -0.39 is 21.7 Å². The number of hydrogen-bond acceptors (Lipinski definition) is 5. The van der Waals surface area contributed by atoms with E-state index in [9.17, 15) is 17.6 Å². The molecule has 1 heterocycles. The molecule has 3 aromatic carbocycles. The van der Waals surface area contributed by atoms with Gasteiger partial charge < -0.3 is 9.73 Å². The van der Waals surface area contributed by atoms with Crippen molar-refractivity contribution >= 4 is 38.4 Å². The van der Waals surface area contributed by atoms with Gasteiger partial charge in [-0.2, -0.15) is 0 Å². The number of benzene rings is 3. The van der Waals surface area contributed by atoms with Crippen LogP contribution in [0.1, 0.15) is 21.8 Å². The first-order chi connectivity index (χ1) is 14.7. The Morgan fingerprint density at radius 3 is 2.58 bits per heavy atom. The Morgan fingerprint density at radius 1 is 1.03 bits per heavy atom. The Balaban J connectivity index is 1.61. The molecule has 0 bridgehead atoms. The van der Waals surface area contributed by atoms with Crippen molar-refractivity contribution in [2.75, 3.05) is 10.0 Å². The Labute approximate surface area is 178 Å². The molecule has 7 nitrogen and oxygen atoms in total. The second-order valence-corrected chi connectivity index (χ2v) is 8.61. The van der Waals surface area contributed by atoms with Crippen LogP contribution in [-0.2, 0) is 10.0 Å². The number of anilines is 2. The first-order valence-corrected chi connectivity index (χ1v) is 10.8. The van der Waals surface area contributed by atoms with Crippen molar-refractivity contribution in [2.45, 2.75) is 18.7 Å². The van der Waals surface area contributed by atoms with Crippen LogP contribution in [0.4, 0.5) is 15.8 Å². The molecule has 4 rings (SSSR count). The number of carbonyl (C=O) groups excluding carboxylic acids is 1. The highest BCUT2D eigenvalue weighted by Crippen LogP contribution is 2.23. The molecule has 0 unspecified atom stereocenters. The molecule has 9 heteroatoms. The fraction of sp³-hybridized carbons (Fsp3) is 0.0909. The molecule has 0 radical (unpaired) electrons. The third-order valence-electron chi connectivity index (χ3n) is 4.63. The third-order valence-corrected chi connectivity index (χ3v) is 6.00. The number of sulfonamides is 1. The number of nitrogens with one attached hydrogen (secondary N) is 2. The lowest BCUT2D eigenvalue weighted by atomic mass is 10.1. The summed E-state index contributed by atoms with van der Waals surface area (Å²) in [5.41, 5.74) is 2.26. The van der Waals surface area contributed by atoms with Gasteiger partial charge in [-0.15, -0.1) is 0 Å². The molecule has 0 saturated carbocycles. The Kier molecular flexibility index (Phi) is 5.20. The number of oxazole rings is 1. The highest BCUT2D eigenvalue weighted by molar-refractivity contribution is 7.92. The number of rotatable bonds is 5. The SMILES string of the molecule is Cc1nc2cc(NC(=O)c3cc(S(=O)(=O)Nc4ccccc4F)ccc3C)ccc2o1. The maximum atomic E-state index is 13.9. The zero-order chi connectivity index (χ0) is 22.2. The van der Waals surface area contributed by atoms with Crippen molar-refractivity contribution in [3.63, 3.8) is 0 Å². The molecule has 1 amide bonds. The maximum Gasteiger partial charge on any atom is 0.262 e. The van der Waals surface area contributed by atoms with Gasteiger partial charge in [-0.3, -0.25) is 9.52 Å². The summed E-state index contributed by atoms with van der Waals surface area (Å²) in [5, 5.41) is 2.74. The van der Waals surface area contributed by atoms with E-state index >= 15 is 0 Å². The lowest BCUT2D eigenvalue weighted by Crippen LogP contribution is -2.17. The molecule has 0 aliphatic heterocycles. The first kappa shape index (κ1) is 20.5. The highest BCUT2D eigenvalue weighted by atomic mass is 32.2. The lowest BCUT2D eigenvalue weighted by molar-refractivity contribution is 0.102. The second kappa shape index (κ2) is 7.84.